The summed E-state index contributed by atoms with van der Waals surface area (Å²) in [4.78, 5) is 3.21. The second-order valence-corrected chi connectivity index (χ2v) is 22.2. The summed E-state index contributed by atoms with van der Waals surface area (Å²) < 4.78 is 107. The maximum atomic E-state index is 14.1. The van der Waals surface area contributed by atoms with Crippen molar-refractivity contribution in [1.82, 2.24) is 0 Å². The standard InChI is InChI=1S/C26H22O5P2.C14H13O3P.C12H8O2P.HO2P.2H4P2.V/c27-32(26-18-10-8-16-24(26)23-15-7-9-17-25(23)31-32)19-20-33(28,29-21-11-3-1-4-12-21)30-22-13-5-2-6-14-22;1-2-18(15,16-13-9-5-3-6-10-13)17-14-11-7-4-8-12-14;13-15-12-8-4-2-6-10(12)9-5-1-3-7-11(9)14-15;1-3-2;2*1-2;/h1-18H,19-20H2;2-12H,1H2;1-8H;(H,1,2);2*1-2H2;/q;;+1;;;;/i;;;;1D;;/hD. The molecule has 12 nitrogen and oxygen atoms in total. The summed E-state index contributed by atoms with van der Waals surface area (Å²) in [7, 11) is -5.61. The van der Waals surface area contributed by atoms with Crippen LogP contribution in [0.3, 0.4) is 0 Å². The molecule has 0 amide bonds. The van der Waals surface area contributed by atoms with E-state index in [9.17, 15) is 18.3 Å². The van der Waals surface area contributed by atoms with E-state index in [2.05, 4.69) is 38.3 Å². The van der Waals surface area contributed by atoms with Crippen LogP contribution in [-0.2, 0) is 41.4 Å². The largest absolute Gasteiger partial charge is 0.597 e. The SMILES string of the molecule is C=CP(=O)(Oc1ccccc1)Oc1ccccc1.O=P(CCP1(=O)Oc2ccccc2-c2ccccc21)(Oc1ccccc1)Oc1ccccc1.O=[p+]1oc2ccccc2c2ccccc21.PP.[2H]OP=O.[2H]PP.[V]. The fraction of sp³-hybridized carbons (Fsp3) is 0.0385. The van der Waals surface area contributed by atoms with Crippen molar-refractivity contribution < 1.29 is 73.1 Å². The van der Waals surface area contributed by atoms with Crippen LogP contribution in [0.15, 0.2) is 235 Å². The summed E-state index contributed by atoms with van der Waals surface area (Å²) in [5, 5.41) is 3.43. The Bertz CT molecular complexity index is 3320. The summed E-state index contributed by atoms with van der Waals surface area (Å²) >= 11 is 0. The van der Waals surface area contributed by atoms with Crippen LogP contribution < -0.4 is 27.9 Å². The number of para-hydroxylation sites is 6. The molecule has 0 saturated carbocycles. The zero-order valence-electron chi connectivity index (χ0n) is 41.3. The van der Waals surface area contributed by atoms with E-state index in [0.717, 1.165) is 27.0 Å². The first-order valence-electron chi connectivity index (χ1n) is 22.6. The fourth-order valence-electron chi connectivity index (χ4n) is 6.91. The Morgan fingerprint density at radius 3 is 1.53 bits per heavy atom. The van der Waals surface area contributed by atoms with E-state index in [0.29, 0.717) is 39.6 Å². The van der Waals surface area contributed by atoms with Crippen LogP contribution in [0.4, 0.5) is 0 Å². The number of rotatable bonds is 13. The Morgan fingerprint density at radius 2 is 1.03 bits per heavy atom. The van der Waals surface area contributed by atoms with Crippen molar-refractivity contribution >= 4 is 101 Å². The predicted molar refractivity (Wildman–Crippen MR) is 313 cm³/mol. The van der Waals surface area contributed by atoms with Crippen LogP contribution in [-0.4, -0.2) is 19.9 Å². The van der Waals surface area contributed by atoms with Crippen molar-refractivity contribution in [3.63, 3.8) is 0 Å². The summed E-state index contributed by atoms with van der Waals surface area (Å²) in [6.45, 7) is 3.51. The van der Waals surface area contributed by atoms with Gasteiger partial charge in [-0.25, -0.2) is 17.9 Å². The molecule has 1 aliphatic rings. The predicted octanol–water partition coefficient (Wildman–Crippen LogP) is 17.3. The zero-order chi connectivity index (χ0) is 53.9. The minimum absolute atomic E-state index is 0. The van der Waals surface area contributed by atoms with Gasteiger partial charge >= 0.3 is 31.5 Å². The molecule has 0 saturated heterocycles. The molecule has 2 heterocycles. The average molecular weight is 1200 g/mol. The molecule has 9 aromatic rings. The average Bonchev–Trinajstić information content (AvgIpc) is 3.45. The molecule has 6 atom stereocenters. The first-order chi connectivity index (χ1) is 36.5. The third kappa shape index (κ3) is 18.1. The Balaban J connectivity index is 0.000000245. The molecule has 381 valence electrons. The number of fused-ring (bicyclic) bond motifs is 6. The van der Waals surface area contributed by atoms with Crippen molar-refractivity contribution in [1.29, 1.82) is 2.71 Å². The third-order valence-corrected chi connectivity index (χ3v) is 17.0. The number of hydrogen-bond acceptors (Lipinski definition) is 12. The molecular weight excluding hydrogens is 1150 g/mol. The number of hydrogen-bond donors (Lipinski definition) is 1. The van der Waals surface area contributed by atoms with Crippen molar-refractivity contribution in [2.75, 3.05) is 12.3 Å². The monoisotopic (exact) mass is 1200 g/mol. The second kappa shape index (κ2) is 32.1. The van der Waals surface area contributed by atoms with Crippen LogP contribution in [0.25, 0.3) is 32.6 Å². The normalized spacial score (nSPS) is 13.5. The van der Waals surface area contributed by atoms with Gasteiger partial charge in [-0.15, -0.1) is 35.7 Å². The van der Waals surface area contributed by atoms with Crippen LogP contribution in [0.5, 0.6) is 28.7 Å². The molecule has 10 rings (SSSR count). The van der Waals surface area contributed by atoms with E-state index in [4.69, 9.17) is 34.1 Å². The van der Waals surface area contributed by atoms with E-state index < -0.39 is 38.9 Å². The van der Waals surface area contributed by atoms with E-state index >= 15 is 0 Å². The van der Waals surface area contributed by atoms with Gasteiger partial charge in [0.15, 0.2) is 5.58 Å². The first kappa shape index (κ1) is 58.7. The van der Waals surface area contributed by atoms with Gasteiger partial charge < -0.3 is 27.5 Å². The second-order valence-electron chi connectivity index (χ2n) is 14.6. The Kier molecular flexibility index (Phi) is 25.5. The molecule has 22 heteroatoms. The van der Waals surface area contributed by atoms with Crippen LogP contribution in [0.1, 0.15) is 0 Å². The molecule has 1 radical (unpaired) electrons. The molecule has 0 fully saturated rings. The molecule has 0 aliphatic carbocycles. The van der Waals surface area contributed by atoms with Crippen LogP contribution >= 0.6 is 74.6 Å². The minimum Gasteiger partial charge on any atom is -0.439 e. The molecule has 74 heavy (non-hydrogen) atoms. The van der Waals surface area contributed by atoms with Crippen molar-refractivity contribution in [3.8, 4) is 39.9 Å². The third-order valence-electron chi connectivity index (χ3n) is 9.97. The zero-order valence-corrected chi connectivity index (χ0v) is 49.6. The minimum atomic E-state index is -3.72. The quantitative estimate of drug-likeness (QED) is 0.0859. The number of benzene rings is 8. The van der Waals surface area contributed by atoms with Gasteiger partial charge in [-0.2, -0.15) is 0 Å². The summed E-state index contributed by atoms with van der Waals surface area (Å²) in [5.74, 6) is 3.57. The molecule has 0 spiro atoms. The van der Waals surface area contributed by atoms with Gasteiger partial charge in [0.2, 0.25) is 6.55 Å². The molecule has 6 unspecified atom stereocenters. The van der Waals surface area contributed by atoms with Gasteiger partial charge in [0.25, 0.3) is 7.37 Å². The van der Waals surface area contributed by atoms with Crippen molar-refractivity contribution in [2.24, 2.45) is 0 Å². The van der Waals surface area contributed by atoms with E-state index in [1.807, 2.05) is 115 Å². The first-order valence-corrected chi connectivity index (χ1v) is 33.8. The van der Waals surface area contributed by atoms with Gasteiger partial charge in [0.1, 0.15) is 28.7 Å². The van der Waals surface area contributed by atoms with Crippen LogP contribution in [0, 0.1) is 0 Å². The van der Waals surface area contributed by atoms with Gasteiger partial charge in [0.05, 0.1) is 18.9 Å². The maximum absolute atomic E-state index is 14.1. The molecular formula is C52H52O12P9V+. The van der Waals surface area contributed by atoms with Crippen molar-refractivity contribution in [2.45, 2.75) is 0 Å². The molecule has 1 aliphatic heterocycles. The smallest absolute Gasteiger partial charge is 0.439 e. The Morgan fingerprint density at radius 1 is 0.622 bits per heavy atom. The molecule has 8 aromatic carbocycles. The summed E-state index contributed by atoms with van der Waals surface area (Å²) in [6, 6.07) is 65.8. The van der Waals surface area contributed by atoms with Gasteiger partial charge in [-0.3, -0.25) is 4.57 Å². The van der Waals surface area contributed by atoms with Gasteiger partial charge in [0, 0.05) is 40.7 Å². The summed E-state index contributed by atoms with van der Waals surface area (Å²) in [5.41, 5.74) is 2.46. The van der Waals surface area contributed by atoms with E-state index in [1.165, 1.54) is 5.82 Å². The fourth-order valence-corrected chi connectivity index (χ4v) is 13.9. The molecule has 1 aromatic heterocycles. The van der Waals surface area contributed by atoms with Crippen LogP contribution in [0.2, 0.25) is 0 Å². The topological polar surface area (TPSA) is 165 Å². The molecule has 0 bridgehead atoms. The van der Waals surface area contributed by atoms with Gasteiger partial charge in [-0.1, -0.05) is 146 Å². The van der Waals surface area contributed by atoms with E-state index in [-0.39, 0.29) is 39.8 Å². The Hall–Kier alpha value is -4.55. The van der Waals surface area contributed by atoms with E-state index in [1.54, 1.807) is 103 Å². The Labute approximate surface area is 457 Å². The maximum Gasteiger partial charge on any atom is 0.597 e. The van der Waals surface area contributed by atoms with Crippen molar-refractivity contribution in [3.05, 3.63) is 231 Å². The summed E-state index contributed by atoms with van der Waals surface area (Å²) in [6.07, 6.45) is -0.0696. The van der Waals surface area contributed by atoms with Gasteiger partial charge in [-0.05, 0) is 89.0 Å². The molecule has 1 N–H and O–H groups in total.